The van der Waals surface area contributed by atoms with E-state index in [1.54, 1.807) is 6.08 Å². The van der Waals surface area contributed by atoms with Gasteiger partial charge in [-0.1, -0.05) is 164 Å². The lowest BCUT2D eigenvalue weighted by Gasteiger charge is -2.36. The highest BCUT2D eigenvalue weighted by Gasteiger charge is 2.44. The van der Waals surface area contributed by atoms with E-state index in [1.807, 2.05) is 12.1 Å². The molecule has 0 bridgehead atoms. The normalized spacial score (nSPS) is 15.1. The van der Waals surface area contributed by atoms with Crippen molar-refractivity contribution in [2.75, 3.05) is 4.90 Å². The van der Waals surface area contributed by atoms with Crippen LogP contribution in [0.25, 0.3) is 44.2 Å². The minimum absolute atomic E-state index is 0.620. The zero-order valence-corrected chi connectivity index (χ0v) is 28.0. The molecule has 8 aromatic carbocycles. The Morgan fingerprint density at radius 1 is 0.431 bits per heavy atom. The summed E-state index contributed by atoms with van der Waals surface area (Å²) in [4.78, 5) is 2.30. The average molecular weight is 652 g/mol. The van der Waals surface area contributed by atoms with Gasteiger partial charge in [0.05, 0.1) is 5.41 Å². The maximum Gasteiger partial charge on any atom is 0.0647 e. The summed E-state index contributed by atoms with van der Waals surface area (Å²) in [5.74, 6) is 0. The molecule has 1 spiro atoms. The van der Waals surface area contributed by atoms with Gasteiger partial charge in [-0.3, -0.25) is 0 Å². The highest BCUT2D eigenvalue weighted by molar-refractivity contribution is 5.97. The largest absolute Gasteiger partial charge is 0.310 e. The predicted molar refractivity (Wildman–Crippen MR) is 214 cm³/mol. The molecule has 0 N–H and O–H groups in total. The molecule has 0 heterocycles. The molecular formula is C50H35N. The molecule has 0 radical (unpaired) electrons. The number of rotatable bonds is 5. The van der Waals surface area contributed by atoms with E-state index >= 15 is 0 Å². The van der Waals surface area contributed by atoms with Gasteiger partial charge in [0.1, 0.15) is 0 Å². The lowest BCUT2D eigenvalue weighted by molar-refractivity contribution is 0.770. The molecule has 8 aromatic rings. The van der Waals surface area contributed by atoms with E-state index in [-0.39, 0.29) is 0 Å². The van der Waals surface area contributed by atoms with Crippen LogP contribution in [0, 0.1) is 0 Å². The van der Waals surface area contributed by atoms with Gasteiger partial charge in [0, 0.05) is 19.8 Å². The van der Waals surface area contributed by atoms with E-state index in [0.717, 1.165) is 33.8 Å². The van der Waals surface area contributed by atoms with Crippen molar-refractivity contribution in [2.45, 2.75) is 11.8 Å². The fraction of sp³-hybridized carbons (Fsp3) is 0.0400. The Balaban J connectivity index is 1.16. The smallest absolute Gasteiger partial charge is 0.0647 e. The fourth-order valence-corrected chi connectivity index (χ4v) is 8.36. The van der Waals surface area contributed by atoms with Gasteiger partial charge in [-0.15, -0.1) is 0 Å². The first kappa shape index (κ1) is 27.4. The van der Waals surface area contributed by atoms with Gasteiger partial charge in [0.2, 0.25) is 0 Å². The second-order valence-electron chi connectivity index (χ2n) is 13.4. The average Bonchev–Trinajstić information content (AvgIpc) is 3.50. The summed E-state index contributed by atoms with van der Waals surface area (Å²) < 4.78 is 18.3. The zero-order valence-electron chi connectivity index (χ0n) is 30.0. The fourth-order valence-electron chi connectivity index (χ4n) is 8.36. The number of nitrogens with zero attached hydrogens (tertiary/aromatic N) is 1. The summed E-state index contributed by atoms with van der Waals surface area (Å²) in [6, 6.07) is 66.6. The highest BCUT2D eigenvalue weighted by Crippen LogP contribution is 2.56. The van der Waals surface area contributed by atoms with Crippen LogP contribution in [-0.2, 0) is 11.8 Å². The first-order valence-electron chi connectivity index (χ1n) is 18.6. The zero-order chi connectivity index (χ0) is 35.6. The van der Waals surface area contributed by atoms with E-state index in [9.17, 15) is 0 Å². The van der Waals surface area contributed by atoms with Crippen LogP contribution in [0.5, 0.6) is 0 Å². The summed E-state index contributed by atoms with van der Waals surface area (Å²) in [5, 5.41) is 2.46. The molecule has 51 heavy (non-hydrogen) atoms. The molecule has 0 unspecified atom stereocenters. The molecule has 0 saturated heterocycles. The summed E-state index contributed by atoms with van der Waals surface area (Å²) in [5.41, 5.74) is 13.5. The Morgan fingerprint density at radius 3 is 1.71 bits per heavy atom. The molecule has 10 rings (SSSR count). The molecule has 0 saturated carbocycles. The first-order valence-corrected chi connectivity index (χ1v) is 17.6. The third kappa shape index (κ3) is 4.70. The second kappa shape index (κ2) is 11.9. The summed E-state index contributed by atoms with van der Waals surface area (Å²) in [6.45, 7) is 0. The number of fused-ring (bicyclic) bond motifs is 8. The Morgan fingerprint density at radius 2 is 0.980 bits per heavy atom. The third-order valence-corrected chi connectivity index (χ3v) is 10.7. The van der Waals surface area contributed by atoms with Crippen molar-refractivity contribution >= 4 is 27.8 Å². The van der Waals surface area contributed by atoms with Crippen LogP contribution in [0.4, 0.5) is 17.1 Å². The monoisotopic (exact) mass is 651 g/mol. The van der Waals surface area contributed by atoms with Gasteiger partial charge < -0.3 is 4.90 Å². The standard InChI is InChI=1S/C50H35N/c1-2-12-35(13-3-1)36-23-28-40(29-24-36)51(41-30-25-38(26-31-41)44-20-10-15-37-14-4-5-17-43(37)44)42-32-27-39-16-11-33-50(49(39)34-42)47-21-8-6-18-45(47)46-19-7-9-22-48(46)50/h1-15,17-34H,16H2/i16D2. The van der Waals surface area contributed by atoms with Gasteiger partial charge in [0.25, 0.3) is 0 Å². The van der Waals surface area contributed by atoms with E-state index in [1.165, 1.54) is 44.2 Å². The number of benzene rings is 8. The molecule has 0 aromatic heterocycles. The third-order valence-electron chi connectivity index (χ3n) is 10.7. The lowest BCUT2D eigenvalue weighted by Crippen LogP contribution is -2.28. The molecule has 2 aliphatic rings. The SMILES string of the molecule is [2H]C1([2H])C=CC2(c3ccccc3-c3ccccc32)c2cc(N(c3ccc(-c4ccccc4)cc3)c3ccc(-c4cccc5ccccc45)cc3)ccc21. The van der Waals surface area contributed by atoms with Gasteiger partial charge in [-0.25, -0.2) is 0 Å². The van der Waals surface area contributed by atoms with Gasteiger partial charge in [-0.05, 0) is 109 Å². The second-order valence-corrected chi connectivity index (χ2v) is 13.4. The maximum atomic E-state index is 9.16. The topological polar surface area (TPSA) is 3.24 Å². The Kier molecular flexibility index (Phi) is 6.37. The number of hydrogen-bond acceptors (Lipinski definition) is 1. The van der Waals surface area contributed by atoms with Crippen molar-refractivity contribution in [1.82, 2.24) is 0 Å². The summed E-state index contributed by atoms with van der Waals surface area (Å²) in [7, 11) is 0. The van der Waals surface area contributed by atoms with Gasteiger partial charge in [0.15, 0.2) is 0 Å². The molecule has 0 aliphatic heterocycles. The van der Waals surface area contributed by atoms with E-state index in [0.29, 0.717) is 5.56 Å². The first-order chi connectivity index (χ1) is 26.0. The van der Waals surface area contributed by atoms with Gasteiger partial charge in [-0.2, -0.15) is 0 Å². The van der Waals surface area contributed by atoms with E-state index < -0.39 is 11.8 Å². The maximum absolute atomic E-state index is 9.16. The Hall–Kier alpha value is -6.44. The van der Waals surface area contributed by atoms with Crippen LogP contribution in [0.15, 0.2) is 200 Å². The molecule has 240 valence electrons. The molecule has 0 atom stereocenters. The predicted octanol–water partition coefficient (Wildman–Crippen LogP) is 13.1. The summed E-state index contributed by atoms with van der Waals surface area (Å²) in [6.07, 6.45) is 2.26. The number of allylic oxidation sites excluding steroid dienone is 2. The van der Waals surface area contributed by atoms with Crippen LogP contribution in [0.3, 0.4) is 0 Å². The van der Waals surface area contributed by atoms with Crippen LogP contribution in [0.2, 0.25) is 0 Å². The van der Waals surface area contributed by atoms with Crippen molar-refractivity contribution in [3.8, 4) is 33.4 Å². The molecule has 0 amide bonds. The molecular weight excluding hydrogens is 615 g/mol. The molecule has 2 aliphatic carbocycles. The Labute approximate surface area is 302 Å². The summed E-state index contributed by atoms with van der Waals surface area (Å²) >= 11 is 0. The van der Waals surface area contributed by atoms with Crippen LogP contribution < -0.4 is 4.90 Å². The number of anilines is 3. The molecule has 1 heteroatoms. The van der Waals surface area contributed by atoms with E-state index in [4.69, 9.17) is 2.74 Å². The van der Waals surface area contributed by atoms with Gasteiger partial charge >= 0.3 is 0 Å². The van der Waals surface area contributed by atoms with Crippen molar-refractivity contribution in [1.29, 1.82) is 0 Å². The van der Waals surface area contributed by atoms with Crippen molar-refractivity contribution in [3.05, 3.63) is 222 Å². The lowest BCUT2D eigenvalue weighted by atomic mass is 9.68. The highest BCUT2D eigenvalue weighted by atomic mass is 15.1. The van der Waals surface area contributed by atoms with Crippen LogP contribution >= 0.6 is 0 Å². The van der Waals surface area contributed by atoms with Crippen LogP contribution in [-0.4, -0.2) is 0 Å². The van der Waals surface area contributed by atoms with Crippen LogP contribution in [0.1, 0.15) is 25.0 Å². The molecule has 1 nitrogen and oxygen atoms in total. The minimum atomic E-state index is -1.62. The molecule has 0 fully saturated rings. The van der Waals surface area contributed by atoms with Crippen molar-refractivity contribution in [2.24, 2.45) is 0 Å². The minimum Gasteiger partial charge on any atom is -0.310 e. The van der Waals surface area contributed by atoms with E-state index in [2.05, 4.69) is 187 Å². The number of hydrogen-bond donors (Lipinski definition) is 0. The Bertz CT molecular complexity index is 2640. The quantitative estimate of drug-likeness (QED) is 0.167. The van der Waals surface area contributed by atoms with Crippen molar-refractivity contribution in [3.63, 3.8) is 0 Å². The van der Waals surface area contributed by atoms with Crippen molar-refractivity contribution < 1.29 is 2.74 Å².